The number of methoxy groups -OCH3 is 3. The van der Waals surface area contributed by atoms with Crippen LogP contribution in [0.3, 0.4) is 0 Å². The molecule has 0 spiro atoms. The molecule has 2 aromatic carbocycles. The summed E-state index contributed by atoms with van der Waals surface area (Å²) in [5, 5.41) is 0. The zero-order valence-electron chi connectivity index (χ0n) is 13.0. The Hall–Kier alpha value is -2.69. The maximum Gasteiger partial charge on any atom is 0.343 e. The number of benzene rings is 2. The van der Waals surface area contributed by atoms with Gasteiger partial charge in [-0.3, -0.25) is 0 Å². The molecule has 0 atom stereocenters. The summed E-state index contributed by atoms with van der Waals surface area (Å²) in [5.41, 5.74) is 1.16. The molecular weight excluding hydrogens is 284 g/mol. The lowest BCUT2D eigenvalue weighted by atomic mass is 10.1. The van der Waals surface area contributed by atoms with Crippen molar-refractivity contribution in [1.82, 2.24) is 0 Å². The Kier molecular flexibility index (Phi) is 4.88. The van der Waals surface area contributed by atoms with Gasteiger partial charge in [0.2, 0.25) is 0 Å². The van der Waals surface area contributed by atoms with E-state index in [9.17, 15) is 4.79 Å². The van der Waals surface area contributed by atoms with Crippen molar-refractivity contribution in [2.45, 2.75) is 6.92 Å². The second-order valence-electron chi connectivity index (χ2n) is 4.55. The van der Waals surface area contributed by atoms with E-state index in [4.69, 9.17) is 18.9 Å². The van der Waals surface area contributed by atoms with E-state index in [0.29, 0.717) is 28.6 Å². The molecule has 0 saturated heterocycles. The van der Waals surface area contributed by atoms with Crippen molar-refractivity contribution in [1.29, 1.82) is 0 Å². The van der Waals surface area contributed by atoms with Gasteiger partial charge in [-0.1, -0.05) is 12.1 Å². The van der Waals surface area contributed by atoms with Crippen molar-refractivity contribution in [3.05, 3.63) is 47.5 Å². The van der Waals surface area contributed by atoms with Gasteiger partial charge in [-0.05, 0) is 31.2 Å². The molecule has 0 fully saturated rings. The van der Waals surface area contributed by atoms with E-state index in [-0.39, 0.29) is 0 Å². The quantitative estimate of drug-likeness (QED) is 0.627. The number of carbonyl (C=O) groups excluding carboxylic acids is 1. The van der Waals surface area contributed by atoms with Crippen LogP contribution in [-0.4, -0.2) is 27.3 Å². The van der Waals surface area contributed by atoms with Crippen molar-refractivity contribution in [3.8, 4) is 23.0 Å². The first kappa shape index (κ1) is 15.7. The summed E-state index contributed by atoms with van der Waals surface area (Å²) in [6.07, 6.45) is 0. The van der Waals surface area contributed by atoms with E-state index >= 15 is 0 Å². The summed E-state index contributed by atoms with van der Waals surface area (Å²) >= 11 is 0. The number of carbonyl (C=O) groups is 1. The van der Waals surface area contributed by atoms with Crippen LogP contribution in [0.25, 0.3) is 0 Å². The van der Waals surface area contributed by atoms with Crippen molar-refractivity contribution in [3.63, 3.8) is 0 Å². The van der Waals surface area contributed by atoms with Crippen LogP contribution in [0.1, 0.15) is 15.9 Å². The number of esters is 1. The fourth-order valence-electron chi connectivity index (χ4n) is 2.07. The molecule has 2 aromatic rings. The molecule has 0 unspecified atom stereocenters. The number of rotatable bonds is 5. The van der Waals surface area contributed by atoms with Gasteiger partial charge in [-0.2, -0.15) is 0 Å². The van der Waals surface area contributed by atoms with Crippen LogP contribution in [0.2, 0.25) is 0 Å². The van der Waals surface area contributed by atoms with Gasteiger partial charge in [0.05, 0.1) is 26.9 Å². The monoisotopic (exact) mass is 302 g/mol. The second-order valence-corrected chi connectivity index (χ2v) is 4.55. The van der Waals surface area contributed by atoms with Crippen molar-refractivity contribution >= 4 is 5.97 Å². The average molecular weight is 302 g/mol. The summed E-state index contributed by atoms with van der Waals surface area (Å²) in [5.74, 6) is 1.45. The summed E-state index contributed by atoms with van der Waals surface area (Å²) in [6, 6.07) is 10.2. The Labute approximate surface area is 129 Å². The van der Waals surface area contributed by atoms with Crippen LogP contribution in [0, 0.1) is 6.92 Å². The standard InChI is InChI=1S/C17H18O5/c1-11-15(20-3)9-12(10-16(11)21-4)17(18)22-14-8-6-5-7-13(14)19-2/h5-10H,1-4H3. The summed E-state index contributed by atoms with van der Waals surface area (Å²) in [6.45, 7) is 1.85. The lowest BCUT2D eigenvalue weighted by Gasteiger charge is -2.13. The fraction of sp³-hybridized carbons (Fsp3) is 0.235. The van der Waals surface area contributed by atoms with E-state index in [1.54, 1.807) is 36.4 Å². The maximum absolute atomic E-state index is 12.3. The average Bonchev–Trinajstić information content (AvgIpc) is 2.55. The Balaban J connectivity index is 2.33. The first-order valence-corrected chi connectivity index (χ1v) is 6.68. The van der Waals surface area contributed by atoms with Crippen molar-refractivity contribution < 1.29 is 23.7 Å². The maximum atomic E-state index is 12.3. The number of para-hydroxylation sites is 2. The Morgan fingerprint density at radius 2 is 1.32 bits per heavy atom. The minimum Gasteiger partial charge on any atom is -0.496 e. The largest absolute Gasteiger partial charge is 0.496 e. The second kappa shape index (κ2) is 6.85. The molecular formula is C17H18O5. The molecule has 0 saturated carbocycles. The van der Waals surface area contributed by atoms with Gasteiger partial charge < -0.3 is 18.9 Å². The number of hydrogen-bond acceptors (Lipinski definition) is 5. The summed E-state index contributed by atoms with van der Waals surface area (Å²) in [7, 11) is 4.60. The lowest BCUT2D eigenvalue weighted by Crippen LogP contribution is -2.10. The molecule has 0 aliphatic carbocycles. The highest BCUT2D eigenvalue weighted by Gasteiger charge is 2.16. The van der Waals surface area contributed by atoms with Crippen molar-refractivity contribution in [2.75, 3.05) is 21.3 Å². The van der Waals surface area contributed by atoms with Crippen LogP contribution < -0.4 is 18.9 Å². The van der Waals surface area contributed by atoms with E-state index in [2.05, 4.69) is 0 Å². The molecule has 22 heavy (non-hydrogen) atoms. The zero-order chi connectivity index (χ0) is 16.1. The van der Waals surface area contributed by atoms with Gasteiger partial charge in [-0.25, -0.2) is 4.79 Å². The Morgan fingerprint density at radius 3 is 1.82 bits per heavy atom. The van der Waals surface area contributed by atoms with E-state index in [1.807, 2.05) is 6.92 Å². The van der Waals surface area contributed by atoms with Crippen molar-refractivity contribution in [2.24, 2.45) is 0 Å². The molecule has 0 aliphatic heterocycles. The molecule has 0 heterocycles. The fourth-order valence-corrected chi connectivity index (χ4v) is 2.07. The molecule has 0 aromatic heterocycles. The topological polar surface area (TPSA) is 54.0 Å². The van der Waals surface area contributed by atoms with Crippen LogP contribution in [0.4, 0.5) is 0 Å². The number of ether oxygens (including phenoxy) is 4. The smallest absolute Gasteiger partial charge is 0.343 e. The normalized spacial score (nSPS) is 10.0. The SMILES string of the molecule is COc1ccccc1OC(=O)c1cc(OC)c(C)c(OC)c1. The highest BCUT2D eigenvalue weighted by Crippen LogP contribution is 2.31. The third-order valence-corrected chi connectivity index (χ3v) is 3.26. The van der Waals surface area contributed by atoms with Crippen LogP contribution in [0.5, 0.6) is 23.0 Å². The predicted octanol–water partition coefficient (Wildman–Crippen LogP) is 3.24. The van der Waals surface area contributed by atoms with E-state index < -0.39 is 5.97 Å². The third-order valence-electron chi connectivity index (χ3n) is 3.26. The van der Waals surface area contributed by atoms with Crippen LogP contribution >= 0.6 is 0 Å². The minimum absolute atomic E-state index is 0.338. The Morgan fingerprint density at radius 1 is 0.818 bits per heavy atom. The first-order chi connectivity index (χ1) is 10.6. The molecule has 0 bridgehead atoms. The minimum atomic E-state index is -0.513. The molecule has 116 valence electrons. The predicted molar refractivity (Wildman–Crippen MR) is 82.2 cm³/mol. The molecule has 0 radical (unpaired) electrons. The number of hydrogen-bond donors (Lipinski definition) is 0. The summed E-state index contributed by atoms with van der Waals surface area (Å²) in [4.78, 5) is 12.3. The van der Waals surface area contributed by atoms with E-state index in [0.717, 1.165) is 5.56 Å². The van der Waals surface area contributed by atoms with Gasteiger partial charge in [-0.15, -0.1) is 0 Å². The van der Waals surface area contributed by atoms with Crippen LogP contribution in [0.15, 0.2) is 36.4 Å². The Bertz CT molecular complexity index is 653. The highest BCUT2D eigenvalue weighted by molar-refractivity contribution is 5.92. The lowest BCUT2D eigenvalue weighted by molar-refractivity contribution is 0.0729. The highest BCUT2D eigenvalue weighted by atomic mass is 16.6. The van der Waals surface area contributed by atoms with Gasteiger partial charge >= 0.3 is 5.97 Å². The van der Waals surface area contributed by atoms with Crippen LogP contribution in [-0.2, 0) is 0 Å². The molecule has 5 nitrogen and oxygen atoms in total. The molecule has 0 amide bonds. The van der Waals surface area contributed by atoms with Gasteiger partial charge in [0.25, 0.3) is 0 Å². The molecule has 0 N–H and O–H groups in total. The molecule has 2 rings (SSSR count). The first-order valence-electron chi connectivity index (χ1n) is 6.68. The third kappa shape index (κ3) is 3.14. The van der Waals surface area contributed by atoms with Gasteiger partial charge in [0, 0.05) is 5.56 Å². The molecule has 5 heteroatoms. The van der Waals surface area contributed by atoms with Gasteiger partial charge in [0.15, 0.2) is 11.5 Å². The van der Waals surface area contributed by atoms with Gasteiger partial charge in [0.1, 0.15) is 11.5 Å². The summed E-state index contributed by atoms with van der Waals surface area (Å²) < 4.78 is 21.1. The molecule has 0 aliphatic rings. The zero-order valence-corrected chi connectivity index (χ0v) is 13.0. The van der Waals surface area contributed by atoms with E-state index in [1.165, 1.54) is 21.3 Å².